The third-order valence-electron chi connectivity index (χ3n) is 2.80. The monoisotopic (exact) mass is 197 g/mol. The number of fused-ring (bicyclic) bond motifs is 1. The molecule has 15 heavy (non-hydrogen) atoms. The fourth-order valence-electron chi connectivity index (χ4n) is 2.00. The van der Waals surface area contributed by atoms with Gasteiger partial charge in [0.25, 0.3) is 0 Å². The zero-order chi connectivity index (χ0) is 9.97. The van der Waals surface area contributed by atoms with Gasteiger partial charge in [-0.15, -0.1) is 0 Å². The fraction of sp³-hybridized carbons (Fsp3) is 0.500. The van der Waals surface area contributed by atoms with E-state index in [1.165, 1.54) is 30.8 Å². The molecule has 0 saturated heterocycles. The average Bonchev–Trinajstić information content (AvgIpc) is 2.54. The van der Waals surface area contributed by atoms with E-state index in [0.29, 0.717) is 0 Å². The second kappa shape index (κ2) is 5.49. The maximum Gasteiger partial charge on any atom is 0.0901 e. The van der Waals surface area contributed by atoms with Gasteiger partial charge in [-0.3, -0.25) is 0 Å². The predicted molar refractivity (Wildman–Crippen MR) is 67.7 cm³/mol. The predicted octanol–water partition coefficient (Wildman–Crippen LogP) is 2.32. The third-order valence-corrected chi connectivity index (χ3v) is 2.80. The van der Waals surface area contributed by atoms with Crippen LogP contribution in [0.4, 0.5) is 11.4 Å². The Morgan fingerprint density at radius 3 is 2.53 bits per heavy atom. The zero-order valence-corrected chi connectivity index (χ0v) is 10.0. The number of hydrogen-bond acceptors (Lipinski definition) is 2. The Morgan fingerprint density at radius 2 is 1.87 bits per heavy atom. The second-order valence-corrected chi connectivity index (χ2v) is 3.95. The minimum absolute atomic E-state index is 0. The van der Waals surface area contributed by atoms with Crippen LogP contribution < -0.4 is 9.80 Å². The Kier molecular flexibility index (Phi) is 4.57. The first-order valence-corrected chi connectivity index (χ1v) is 5.38. The van der Waals surface area contributed by atoms with E-state index in [1.54, 1.807) is 0 Å². The van der Waals surface area contributed by atoms with Gasteiger partial charge in [-0.25, -0.2) is 0 Å². The van der Waals surface area contributed by atoms with E-state index in [4.69, 9.17) is 0 Å². The van der Waals surface area contributed by atoms with E-state index in [2.05, 4.69) is 48.0 Å². The molecular formula is C12H18LiN2. The van der Waals surface area contributed by atoms with Gasteiger partial charge in [0, 0.05) is 32.5 Å². The van der Waals surface area contributed by atoms with Crippen molar-refractivity contribution in [2.45, 2.75) is 19.8 Å². The number of hydrogen-bond donors (Lipinski definition) is 0. The molecule has 1 aliphatic rings. The molecule has 0 unspecified atom stereocenters. The van der Waals surface area contributed by atoms with E-state index in [0.717, 1.165) is 6.67 Å². The van der Waals surface area contributed by atoms with Crippen molar-refractivity contribution in [1.29, 1.82) is 0 Å². The second-order valence-electron chi connectivity index (χ2n) is 3.95. The first-order chi connectivity index (χ1) is 6.83. The Bertz CT molecular complexity index is 314. The summed E-state index contributed by atoms with van der Waals surface area (Å²) >= 11 is 0. The number of anilines is 2. The Labute approximate surface area is 104 Å². The Hall–Kier alpha value is -0.583. The number of rotatable bonds is 3. The van der Waals surface area contributed by atoms with Gasteiger partial charge in [-0.1, -0.05) is 25.5 Å². The van der Waals surface area contributed by atoms with Gasteiger partial charge in [0.15, 0.2) is 0 Å². The van der Waals surface area contributed by atoms with E-state index in [9.17, 15) is 0 Å². The summed E-state index contributed by atoms with van der Waals surface area (Å²) in [6.45, 7) is 4.46. The van der Waals surface area contributed by atoms with Crippen LogP contribution in [0.15, 0.2) is 24.3 Å². The van der Waals surface area contributed by atoms with E-state index >= 15 is 0 Å². The number of unbranched alkanes of at least 4 members (excludes halogenated alkanes) is 1. The molecule has 0 fully saturated rings. The summed E-state index contributed by atoms with van der Waals surface area (Å²) < 4.78 is 0. The topological polar surface area (TPSA) is 6.48 Å². The van der Waals surface area contributed by atoms with Crippen LogP contribution in [-0.4, -0.2) is 39.1 Å². The SMILES string of the molecule is CCCCN1CN(C)c2ccccc21.[Li]. The molecule has 1 aliphatic heterocycles. The van der Waals surface area contributed by atoms with Gasteiger partial charge in [0.05, 0.1) is 18.0 Å². The van der Waals surface area contributed by atoms with Crippen molar-refractivity contribution in [3.8, 4) is 0 Å². The molecule has 0 amide bonds. The Morgan fingerprint density at radius 1 is 1.20 bits per heavy atom. The van der Waals surface area contributed by atoms with Crippen LogP contribution in [0.5, 0.6) is 0 Å². The molecule has 2 nitrogen and oxygen atoms in total. The standard InChI is InChI=1S/C12H18N2.Li/c1-3-4-9-14-10-13(2)11-7-5-6-8-12(11)14;/h5-8H,3-4,9-10H2,1-2H3;. The van der Waals surface area contributed by atoms with Gasteiger partial charge >= 0.3 is 0 Å². The first-order valence-electron chi connectivity index (χ1n) is 5.38. The zero-order valence-electron chi connectivity index (χ0n) is 10.0. The summed E-state index contributed by atoms with van der Waals surface area (Å²) in [5.41, 5.74) is 2.76. The number of benzene rings is 1. The maximum atomic E-state index is 2.46. The van der Waals surface area contributed by atoms with Crippen LogP contribution in [0.25, 0.3) is 0 Å². The van der Waals surface area contributed by atoms with Crippen molar-refractivity contribution >= 4 is 30.2 Å². The molecule has 0 N–H and O–H groups in total. The van der Waals surface area contributed by atoms with E-state index in [1.807, 2.05) is 0 Å². The van der Waals surface area contributed by atoms with Crippen molar-refractivity contribution in [3.63, 3.8) is 0 Å². The third kappa shape index (κ3) is 2.51. The Balaban J connectivity index is 0.00000112. The summed E-state index contributed by atoms with van der Waals surface area (Å²) in [6, 6.07) is 8.64. The fourth-order valence-corrected chi connectivity index (χ4v) is 2.00. The van der Waals surface area contributed by atoms with Crippen LogP contribution in [-0.2, 0) is 0 Å². The summed E-state index contributed by atoms with van der Waals surface area (Å²) in [4.78, 5) is 4.77. The minimum Gasteiger partial charge on any atom is -0.355 e. The van der Waals surface area contributed by atoms with Gasteiger partial charge in [-0.2, -0.15) is 0 Å². The van der Waals surface area contributed by atoms with Crippen LogP contribution in [0.3, 0.4) is 0 Å². The quantitative estimate of drug-likeness (QED) is 0.686. The van der Waals surface area contributed by atoms with Crippen molar-refractivity contribution in [3.05, 3.63) is 24.3 Å². The van der Waals surface area contributed by atoms with Crippen molar-refractivity contribution < 1.29 is 0 Å². The van der Waals surface area contributed by atoms with Crippen molar-refractivity contribution in [2.24, 2.45) is 0 Å². The van der Waals surface area contributed by atoms with Gasteiger partial charge in [0.2, 0.25) is 0 Å². The average molecular weight is 197 g/mol. The van der Waals surface area contributed by atoms with Crippen molar-refractivity contribution in [2.75, 3.05) is 30.1 Å². The molecule has 3 heteroatoms. The molecule has 0 spiro atoms. The first kappa shape index (κ1) is 12.5. The molecular weight excluding hydrogens is 179 g/mol. The molecule has 1 radical (unpaired) electrons. The smallest absolute Gasteiger partial charge is 0.0901 e. The summed E-state index contributed by atoms with van der Waals surface area (Å²) in [5, 5.41) is 0. The van der Waals surface area contributed by atoms with Crippen LogP contribution in [0, 0.1) is 0 Å². The van der Waals surface area contributed by atoms with Crippen molar-refractivity contribution in [1.82, 2.24) is 0 Å². The molecule has 77 valence electrons. The van der Waals surface area contributed by atoms with Gasteiger partial charge < -0.3 is 9.80 Å². The molecule has 0 saturated carbocycles. The largest absolute Gasteiger partial charge is 0.355 e. The molecule has 0 bridgehead atoms. The number of nitrogens with zero attached hydrogens (tertiary/aromatic N) is 2. The molecule has 2 rings (SSSR count). The van der Waals surface area contributed by atoms with Gasteiger partial charge in [0.1, 0.15) is 0 Å². The van der Waals surface area contributed by atoms with Crippen LogP contribution in [0.1, 0.15) is 19.8 Å². The molecule has 1 heterocycles. The van der Waals surface area contributed by atoms with Crippen LogP contribution >= 0.6 is 0 Å². The van der Waals surface area contributed by atoms with E-state index < -0.39 is 0 Å². The summed E-state index contributed by atoms with van der Waals surface area (Å²) in [6.07, 6.45) is 2.55. The molecule has 0 atom stereocenters. The normalized spacial score (nSPS) is 13.7. The molecule has 0 aliphatic carbocycles. The van der Waals surface area contributed by atoms with E-state index in [-0.39, 0.29) is 18.9 Å². The minimum atomic E-state index is 0. The summed E-state index contributed by atoms with van der Waals surface area (Å²) in [7, 11) is 2.16. The van der Waals surface area contributed by atoms with Crippen LogP contribution in [0.2, 0.25) is 0 Å². The number of para-hydroxylation sites is 2. The molecule has 1 aromatic carbocycles. The van der Waals surface area contributed by atoms with Gasteiger partial charge in [-0.05, 0) is 18.6 Å². The molecule has 1 aromatic rings. The molecule has 0 aromatic heterocycles. The summed E-state index contributed by atoms with van der Waals surface area (Å²) in [5.74, 6) is 0. The maximum absolute atomic E-state index is 2.46.